The van der Waals surface area contributed by atoms with Crippen LogP contribution >= 0.6 is 24.0 Å². The van der Waals surface area contributed by atoms with Crippen molar-refractivity contribution in [1.82, 2.24) is 10.6 Å². The normalized spacial score (nSPS) is 25.2. The van der Waals surface area contributed by atoms with Gasteiger partial charge in [0.2, 0.25) is 0 Å². The molecule has 2 saturated carbocycles. The van der Waals surface area contributed by atoms with Crippen LogP contribution in [-0.4, -0.2) is 51.5 Å². The lowest BCUT2D eigenvalue weighted by Gasteiger charge is -2.54. The van der Waals surface area contributed by atoms with E-state index in [2.05, 4.69) is 22.5 Å². The van der Waals surface area contributed by atoms with E-state index in [1.165, 1.54) is 25.7 Å². The quantitative estimate of drug-likeness (QED) is 0.244. The van der Waals surface area contributed by atoms with Gasteiger partial charge in [0, 0.05) is 44.9 Å². The van der Waals surface area contributed by atoms with Crippen LogP contribution < -0.4 is 10.6 Å². The maximum Gasteiger partial charge on any atom is 0.191 e. The molecule has 2 unspecified atom stereocenters. The third kappa shape index (κ3) is 5.46. The first-order valence-corrected chi connectivity index (χ1v) is 9.43. The molecule has 0 aliphatic heterocycles. The van der Waals surface area contributed by atoms with Crippen LogP contribution in [0.1, 0.15) is 58.8 Å². The Morgan fingerprint density at radius 2 is 1.92 bits per heavy atom. The molecule has 5 nitrogen and oxygen atoms in total. The largest absolute Gasteiger partial charge is 0.382 e. The smallest absolute Gasteiger partial charge is 0.191 e. The van der Waals surface area contributed by atoms with Crippen molar-refractivity contribution in [2.45, 2.75) is 70.9 Å². The predicted octanol–water partition coefficient (Wildman–Crippen LogP) is 3.32. The zero-order valence-corrected chi connectivity index (χ0v) is 17.9. The van der Waals surface area contributed by atoms with Crippen LogP contribution in [0.4, 0.5) is 0 Å². The summed E-state index contributed by atoms with van der Waals surface area (Å²) in [5, 5.41) is 7.10. The van der Waals surface area contributed by atoms with Gasteiger partial charge in [-0.05, 0) is 46.0 Å². The summed E-state index contributed by atoms with van der Waals surface area (Å²) in [5.41, 5.74) is 0.350. The Kier molecular flexibility index (Phi) is 10.5. The number of unbranched alkanes of at least 4 members (excludes halogenated alkanes) is 1. The van der Waals surface area contributed by atoms with Crippen molar-refractivity contribution in [2.24, 2.45) is 10.4 Å². The molecule has 0 aromatic rings. The van der Waals surface area contributed by atoms with E-state index in [1.54, 1.807) is 0 Å². The van der Waals surface area contributed by atoms with Gasteiger partial charge >= 0.3 is 0 Å². The SMILES string of the molecule is CCOCCCCNC(=NC)NC1CC(OCC)C12CCCC2.I. The number of nitrogens with one attached hydrogen (secondary N) is 2. The number of hydrogen-bond acceptors (Lipinski definition) is 3. The van der Waals surface area contributed by atoms with Gasteiger partial charge in [0.15, 0.2) is 5.96 Å². The van der Waals surface area contributed by atoms with Crippen molar-refractivity contribution in [3.8, 4) is 0 Å². The van der Waals surface area contributed by atoms with Gasteiger partial charge < -0.3 is 20.1 Å². The highest BCUT2D eigenvalue weighted by atomic mass is 127. The summed E-state index contributed by atoms with van der Waals surface area (Å²) < 4.78 is 11.4. The molecule has 2 atom stereocenters. The molecule has 0 saturated heterocycles. The third-order valence-electron chi connectivity index (χ3n) is 5.43. The van der Waals surface area contributed by atoms with Gasteiger partial charge in [0.05, 0.1) is 6.10 Å². The number of guanidine groups is 1. The third-order valence-corrected chi connectivity index (χ3v) is 5.43. The van der Waals surface area contributed by atoms with Gasteiger partial charge in [-0.2, -0.15) is 0 Å². The first-order chi connectivity index (χ1) is 11.3. The van der Waals surface area contributed by atoms with Crippen molar-refractivity contribution >= 4 is 29.9 Å². The number of ether oxygens (including phenoxy) is 2. The molecule has 142 valence electrons. The summed E-state index contributed by atoms with van der Waals surface area (Å²) in [4.78, 5) is 4.39. The van der Waals surface area contributed by atoms with E-state index in [9.17, 15) is 0 Å². The molecule has 1 spiro atoms. The second-order valence-electron chi connectivity index (χ2n) is 6.72. The molecule has 2 rings (SSSR count). The van der Waals surface area contributed by atoms with Gasteiger partial charge in [-0.3, -0.25) is 4.99 Å². The van der Waals surface area contributed by atoms with E-state index in [-0.39, 0.29) is 24.0 Å². The Balaban J connectivity index is 0.00000288. The molecule has 2 N–H and O–H groups in total. The summed E-state index contributed by atoms with van der Waals surface area (Å²) in [6.45, 7) is 7.57. The Morgan fingerprint density at radius 1 is 1.17 bits per heavy atom. The Labute approximate surface area is 164 Å². The van der Waals surface area contributed by atoms with Crippen molar-refractivity contribution in [1.29, 1.82) is 0 Å². The van der Waals surface area contributed by atoms with Gasteiger partial charge in [-0.15, -0.1) is 24.0 Å². The second kappa shape index (κ2) is 11.5. The van der Waals surface area contributed by atoms with E-state index >= 15 is 0 Å². The van der Waals surface area contributed by atoms with E-state index in [1.807, 2.05) is 14.0 Å². The number of halogens is 1. The standard InChI is InChI=1S/C18H35N3O2.HI/c1-4-22-13-9-8-12-20-17(19-3)21-15-14-16(23-5-2)18(15)10-6-7-11-18;/h15-16H,4-14H2,1-3H3,(H2,19,20,21);1H. The molecule has 6 heteroatoms. The molecule has 0 aromatic heterocycles. The number of nitrogens with zero attached hydrogens (tertiary/aromatic N) is 1. The zero-order valence-electron chi connectivity index (χ0n) is 15.6. The number of aliphatic imine (C=N–C) groups is 1. The predicted molar refractivity (Wildman–Crippen MR) is 110 cm³/mol. The summed E-state index contributed by atoms with van der Waals surface area (Å²) in [6, 6.07) is 0.510. The fraction of sp³-hybridized carbons (Fsp3) is 0.944. The fourth-order valence-electron chi connectivity index (χ4n) is 4.13. The van der Waals surface area contributed by atoms with Crippen LogP contribution in [0.5, 0.6) is 0 Å². The summed E-state index contributed by atoms with van der Waals surface area (Å²) in [7, 11) is 1.86. The minimum atomic E-state index is 0. The maximum absolute atomic E-state index is 5.98. The molecule has 2 aliphatic rings. The van der Waals surface area contributed by atoms with Crippen LogP contribution in [0.2, 0.25) is 0 Å². The molecular formula is C18H36IN3O2. The van der Waals surface area contributed by atoms with Crippen molar-refractivity contribution in [3.05, 3.63) is 0 Å². The fourth-order valence-corrected chi connectivity index (χ4v) is 4.13. The molecule has 2 aliphatic carbocycles. The van der Waals surface area contributed by atoms with E-state index in [0.717, 1.165) is 51.6 Å². The summed E-state index contributed by atoms with van der Waals surface area (Å²) >= 11 is 0. The second-order valence-corrected chi connectivity index (χ2v) is 6.72. The van der Waals surface area contributed by atoms with Crippen LogP contribution in [0.3, 0.4) is 0 Å². The van der Waals surface area contributed by atoms with Crippen LogP contribution in [0.15, 0.2) is 4.99 Å². The van der Waals surface area contributed by atoms with Gasteiger partial charge in [-0.1, -0.05) is 12.8 Å². The maximum atomic E-state index is 5.98. The molecule has 0 heterocycles. The molecule has 0 bridgehead atoms. The highest BCUT2D eigenvalue weighted by Crippen LogP contribution is 2.54. The van der Waals surface area contributed by atoms with Crippen LogP contribution in [-0.2, 0) is 9.47 Å². The molecule has 2 fully saturated rings. The van der Waals surface area contributed by atoms with Crippen molar-refractivity contribution in [2.75, 3.05) is 33.4 Å². The lowest BCUT2D eigenvalue weighted by atomic mass is 9.60. The first kappa shape index (κ1) is 22.0. The molecule has 24 heavy (non-hydrogen) atoms. The Bertz CT molecular complexity index is 373. The zero-order chi connectivity index (χ0) is 16.5. The molecule has 0 amide bonds. The van der Waals surface area contributed by atoms with E-state index < -0.39 is 0 Å². The highest BCUT2D eigenvalue weighted by molar-refractivity contribution is 14.0. The lowest BCUT2D eigenvalue weighted by molar-refractivity contribution is -0.125. The van der Waals surface area contributed by atoms with Gasteiger partial charge in [0.1, 0.15) is 0 Å². The summed E-state index contributed by atoms with van der Waals surface area (Å²) in [6.07, 6.45) is 9.02. The van der Waals surface area contributed by atoms with Crippen LogP contribution in [0.25, 0.3) is 0 Å². The average Bonchev–Trinajstić information content (AvgIpc) is 3.08. The minimum Gasteiger partial charge on any atom is -0.382 e. The highest BCUT2D eigenvalue weighted by Gasteiger charge is 2.56. The van der Waals surface area contributed by atoms with Crippen molar-refractivity contribution in [3.63, 3.8) is 0 Å². The van der Waals surface area contributed by atoms with E-state index in [4.69, 9.17) is 9.47 Å². The Hall–Kier alpha value is -0.0800. The van der Waals surface area contributed by atoms with Crippen LogP contribution in [0, 0.1) is 5.41 Å². The Morgan fingerprint density at radius 3 is 2.54 bits per heavy atom. The molecular weight excluding hydrogens is 417 g/mol. The number of rotatable bonds is 9. The van der Waals surface area contributed by atoms with Gasteiger partial charge in [-0.25, -0.2) is 0 Å². The van der Waals surface area contributed by atoms with Crippen molar-refractivity contribution < 1.29 is 9.47 Å². The average molecular weight is 453 g/mol. The molecule has 0 aromatic carbocycles. The molecule has 0 radical (unpaired) electrons. The number of hydrogen-bond donors (Lipinski definition) is 2. The summed E-state index contributed by atoms with van der Waals surface area (Å²) in [5.74, 6) is 0.938. The topological polar surface area (TPSA) is 54.9 Å². The van der Waals surface area contributed by atoms with E-state index in [0.29, 0.717) is 17.6 Å². The monoisotopic (exact) mass is 453 g/mol. The minimum absolute atomic E-state index is 0. The lowest BCUT2D eigenvalue weighted by Crippen LogP contribution is -2.65. The van der Waals surface area contributed by atoms with Gasteiger partial charge in [0.25, 0.3) is 0 Å². The first-order valence-electron chi connectivity index (χ1n) is 9.43.